The highest BCUT2D eigenvalue weighted by atomic mass is 19.4. The van der Waals surface area contributed by atoms with E-state index < -0.39 is 11.7 Å². The molecule has 0 aliphatic rings. The molecule has 0 unspecified atom stereocenters. The molecule has 0 N–H and O–H groups in total. The quantitative estimate of drug-likeness (QED) is 0.272. The maximum Gasteiger partial charge on any atom is 0.416 e. The highest BCUT2D eigenvalue weighted by Crippen LogP contribution is 2.31. The summed E-state index contributed by atoms with van der Waals surface area (Å²) in [5, 5.41) is 0. The van der Waals surface area contributed by atoms with Gasteiger partial charge in [-0.2, -0.15) is 13.2 Å². The minimum absolute atomic E-state index is 0.464. The average Bonchev–Trinajstić information content (AvgIpc) is 2.76. The maximum absolute atomic E-state index is 12.8. The van der Waals surface area contributed by atoms with Crippen molar-refractivity contribution in [3.63, 3.8) is 0 Å². The molecule has 2 aromatic carbocycles. The molecule has 0 fully saturated rings. The van der Waals surface area contributed by atoms with Gasteiger partial charge in [-0.3, -0.25) is 0 Å². The maximum atomic E-state index is 12.8. The van der Waals surface area contributed by atoms with Crippen molar-refractivity contribution in [1.82, 2.24) is 4.90 Å². The Morgan fingerprint density at radius 1 is 1.06 bits per heavy atom. The number of aldehydes is 1. The Balaban J connectivity index is 2.09. The molecule has 2 aromatic rings. The second-order valence-electron chi connectivity index (χ2n) is 7.10. The van der Waals surface area contributed by atoms with Crippen molar-refractivity contribution >= 4 is 12.0 Å². The number of para-hydroxylation sites is 1. The van der Waals surface area contributed by atoms with Gasteiger partial charge < -0.3 is 14.4 Å². The molecule has 0 heterocycles. The monoisotopic (exact) mass is 431 g/mol. The zero-order valence-corrected chi connectivity index (χ0v) is 17.7. The van der Waals surface area contributed by atoms with Gasteiger partial charge in [0.05, 0.1) is 18.7 Å². The lowest BCUT2D eigenvalue weighted by Crippen LogP contribution is -2.16. The number of hydrogen-bond acceptors (Lipinski definition) is 3. The van der Waals surface area contributed by atoms with Crippen molar-refractivity contribution in [2.24, 2.45) is 0 Å². The third-order valence-corrected chi connectivity index (χ3v) is 4.76. The number of halogens is 3. The topological polar surface area (TPSA) is 29.5 Å². The number of nitrogens with zero attached hydrogens (tertiary/aromatic N) is 1. The zero-order valence-electron chi connectivity index (χ0n) is 17.7. The lowest BCUT2D eigenvalue weighted by atomic mass is 10.1. The zero-order chi connectivity index (χ0) is 22.7. The summed E-state index contributed by atoms with van der Waals surface area (Å²) in [4.78, 5) is 12.3. The Morgan fingerprint density at radius 3 is 2.42 bits per heavy atom. The predicted molar refractivity (Wildman–Crippen MR) is 117 cm³/mol. The van der Waals surface area contributed by atoms with E-state index in [9.17, 15) is 18.0 Å². The molecule has 0 aliphatic carbocycles. The van der Waals surface area contributed by atoms with Crippen LogP contribution in [0.4, 0.5) is 13.2 Å². The van der Waals surface area contributed by atoms with E-state index in [2.05, 4.69) is 6.58 Å². The second kappa shape index (κ2) is 12.0. The SMILES string of the molecule is C=C(c1ccc(C(F)(F)F)cc1)N(/C=C\C)Cc1ccccc1OCCCCCC=O. The molecular weight excluding hydrogens is 403 g/mol. The van der Waals surface area contributed by atoms with Crippen LogP contribution in [-0.4, -0.2) is 17.8 Å². The van der Waals surface area contributed by atoms with Crippen molar-refractivity contribution < 1.29 is 22.7 Å². The van der Waals surface area contributed by atoms with Gasteiger partial charge in [-0.1, -0.05) is 43.0 Å². The molecule has 0 radical (unpaired) electrons. The van der Waals surface area contributed by atoms with Crippen LogP contribution in [0.1, 0.15) is 49.3 Å². The van der Waals surface area contributed by atoms with Gasteiger partial charge in [-0.25, -0.2) is 0 Å². The molecule has 0 aromatic heterocycles. The summed E-state index contributed by atoms with van der Waals surface area (Å²) in [6.07, 6.45) is 3.47. The number of ether oxygens (including phenoxy) is 1. The number of carbonyl (C=O) groups is 1. The van der Waals surface area contributed by atoms with E-state index in [4.69, 9.17) is 4.74 Å². The van der Waals surface area contributed by atoms with E-state index in [1.807, 2.05) is 48.4 Å². The third kappa shape index (κ3) is 7.63. The molecule has 6 heteroatoms. The predicted octanol–water partition coefficient (Wildman–Crippen LogP) is 6.85. The van der Waals surface area contributed by atoms with Crippen molar-refractivity contribution in [3.05, 3.63) is 84.1 Å². The van der Waals surface area contributed by atoms with Crippen LogP contribution >= 0.6 is 0 Å². The normalized spacial score (nSPS) is 11.5. The van der Waals surface area contributed by atoms with Gasteiger partial charge in [0.15, 0.2) is 0 Å². The van der Waals surface area contributed by atoms with E-state index in [-0.39, 0.29) is 0 Å². The number of unbranched alkanes of at least 4 members (excludes halogenated alkanes) is 3. The number of hydrogen-bond donors (Lipinski definition) is 0. The summed E-state index contributed by atoms with van der Waals surface area (Å²) in [5.74, 6) is 0.757. The van der Waals surface area contributed by atoms with E-state index in [1.165, 1.54) is 12.1 Å². The van der Waals surface area contributed by atoms with E-state index in [1.54, 1.807) is 0 Å². The van der Waals surface area contributed by atoms with Crippen LogP contribution in [0, 0.1) is 0 Å². The number of carbonyl (C=O) groups excluding carboxylic acids is 1. The summed E-state index contributed by atoms with van der Waals surface area (Å²) in [5.41, 5.74) is 1.46. The van der Waals surface area contributed by atoms with Gasteiger partial charge in [0.25, 0.3) is 0 Å². The first kappa shape index (κ1) is 24.3. The summed E-state index contributed by atoms with van der Waals surface area (Å²) in [7, 11) is 0. The fourth-order valence-corrected chi connectivity index (χ4v) is 3.08. The van der Waals surface area contributed by atoms with Crippen molar-refractivity contribution in [1.29, 1.82) is 0 Å². The molecule has 166 valence electrons. The molecule has 3 nitrogen and oxygen atoms in total. The molecule has 0 saturated carbocycles. The summed E-state index contributed by atoms with van der Waals surface area (Å²) in [6.45, 7) is 6.98. The smallest absolute Gasteiger partial charge is 0.416 e. The van der Waals surface area contributed by atoms with Crippen LogP contribution in [0.25, 0.3) is 5.70 Å². The molecule has 0 spiro atoms. The van der Waals surface area contributed by atoms with Gasteiger partial charge in [0, 0.05) is 23.9 Å². The fraction of sp³-hybridized carbons (Fsp3) is 0.320. The van der Waals surface area contributed by atoms with Crippen LogP contribution in [0.5, 0.6) is 5.75 Å². The molecular formula is C25H28F3NO2. The Morgan fingerprint density at radius 2 is 1.77 bits per heavy atom. The molecule has 0 bridgehead atoms. The molecule has 0 amide bonds. The van der Waals surface area contributed by atoms with Crippen LogP contribution in [0.2, 0.25) is 0 Å². The number of allylic oxidation sites excluding steroid dienone is 1. The van der Waals surface area contributed by atoms with Gasteiger partial charge in [0.2, 0.25) is 0 Å². The number of rotatable bonds is 12. The summed E-state index contributed by atoms with van der Waals surface area (Å²) >= 11 is 0. The van der Waals surface area contributed by atoms with Crippen molar-refractivity contribution in [2.75, 3.05) is 6.61 Å². The first-order chi connectivity index (χ1) is 14.9. The number of alkyl halides is 3. The number of benzene rings is 2. The molecule has 0 aliphatic heterocycles. The minimum atomic E-state index is -4.37. The van der Waals surface area contributed by atoms with Gasteiger partial charge in [-0.15, -0.1) is 0 Å². The highest BCUT2D eigenvalue weighted by Gasteiger charge is 2.30. The Hall–Kier alpha value is -3.02. The van der Waals surface area contributed by atoms with Crippen molar-refractivity contribution in [2.45, 2.75) is 45.3 Å². The first-order valence-corrected chi connectivity index (χ1v) is 10.3. The Bertz CT molecular complexity index is 873. The second-order valence-corrected chi connectivity index (χ2v) is 7.10. The van der Waals surface area contributed by atoms with Crippen LogP contribution in [-0.2, 0) is 17.5 Å². The summed E-state index contributed by atoms with van der Waals surface area (Å²) in [6, 6.07) is 12.7. The van der Waals surface area contributed by atoms with Crippen LogP contribution < -0.4 is 4.74 Å². The van der Waals surface area contributed by atoms with Crippen LogP contribution in [0.15, 0.2) is 67.4 Å². The summed E-state index contributed by atoms with van der Waals surface area (Å²) < 4.78 is 44.5. The molecule has 31 heavy (non-hydrogen) atoms. The van der Waals surface area contributed by atoms with E-state index in [0.29, 0.717) is 30.8 Å². The average molecular weight is 431 g/mol. The van der Waals surface area contributed by atoms with Gasteiger partial charge in [-0.05, 0) is 49.9 Å². The standard InChI is InChI=1S/C25H28F3NO2/c1-3-16-29(20(2)21-12-14-23(15-13-21)25(26,27)28)19-22-10-6-7-11-24(22)31-18-9-5-4-8-17-30/h3,6-7,10-17H,2,4-5,8-9,18-19H2,1H3/b16-3-. The largest absolute Gasteiger partial charge is 0.493 e. The Labute approximate surface area is 181 Å². The first-order valence-electron chi connectivity index (χ1n) is 10.3. The van der Waals surface area contributed by atoms with Gasteiger partial charge in [0.1, 0.15) is 12.0 Å². The van der Waals surface area contributed by atoms with E-state index >= 15 is 0 Å². The minimum Gasteiger partial charge on any atom is -0.493 e. The van der Waals surface area contributed by atoms with Crippen molar-refractivity contribution in [3.8, 4) is 5.75 Å². The fourth-order valence-electron chi connectivity index (χ4n) is 3.08. The molecule has 2 rings (SSSR count). The highest BCUT2D eigenvalue weighted by molar-refractivity contribution is 5.63. The molecule has 0 saturated heterocycles. The lowest BCUT2D eigenvalue weighted by molar-refractivity contribution is -0.137. The van der Waals surface area contributed by atoms with E-state index in [0.717, 1.165) is 49.0 Å². The lowest BCUT2D eigenvalue weighted by Gasteiger charge is -2.24. The molecule has 0 atom stereocenters. The van der Waals surface area contributed by atoms with Gasteiger partial charge >= 0.3 is 6.18 Å². The Kier molecular flexibility index (Phi) is 9.38. The van der Waals surface area contributed by atoms with Crippen LogP contribution in [0.3, 0.4) is 0 Å². The third-order valence-electron chi connectivity index (χ3n) is 4.76.